The Labute approximate surface area is 175 Å². The van der Waals surface area contributed by atoms with E-state index in [0.29, 0.717) is 17.0 Å². The monoisotopic (exact) mass is 414 g/mol. The Hall–Kier alpha value is -3.36. The van der Waals surface area contributed by atoms with Crippen molar-refractivity contribution in [3.05, 3.63) is 72.3 Å². The minimum absolute atomic E-state index is 0.0726. The molecule has 1 atom stereocenters. The molecule has 30 heavy (non-hydrogen) atoms. The molecule has 0 aromatic heterocycles. The fraction of sp³-hybridized carbons (Fsp3) is 0.273. The first-order valence-electron chi connectivity index (χ1n) is 9.36. The van der Waals surface area contributed by atoms with Gasteiger partial charge in [0, 0.05) is 22.7 Å². The SMILES string of the molecule is CC(C)(/C=C/C(=O)NO)[C@H](OC(=O)Nc1ccccc1)c1ccccc1OCCO. The minimum Gasteiger partial charge on any atom is -0.491 e. The number of hydrogen-bond donors (Lipinski definition) is 4. The van der Waals surface area contributed by atoms with Gasteiger partial charge in [0.25, 0.3) is 5.91 Å². The molecule has 0 aliphatic carbocycles. The predicted molar refractivity (Wildman–Crippen MR) is 111 cm³/mol. The highest BCUT2D eigenvalue weighted by molar-refractivity contribution is 5.86. The quantitative estimate of drug-likeness (QED) is 0.284. The Morgan fingerprint density at radius 1 is 1.10 bits per heavy atom. The molecule has 2 aromatic rings. The second-order valence-electron chi connectivity index (χ2n) is 7.02. The van der Waals surface area contributed by atoms with Crippen LogP contribution in [0.4, 0.5) is 10.5 Å². The number of benzene rings is 2. The minimum atomic E-state index is -0.862. The van der Waals surface area contributed by atoms with E-state index < -0.39 is 23.5 Å². The van der Waals surface area contributed by atoms with Crippen LogP contribution in [0.15, 0.2) is 66.7 Å². The maximum Gasteiger partial charge on any atom is 0.412 e. The van der Waals surface area contributed by atoms with Crippen molar-refractivity contribution in [3.8, 4) is 5.75 Å². The van der Waals surface area contributed by atoms with Gasteiger partial charge in [-0.15, -0.1) is 0 Å². The van der Waals surface area contributed by atoms with Crippen LogP contribution in [0.1, 0.15) is 25.5 Å². The molecule has 0 aliphatic rings. The molecule has 0 fully saturated rings. The van der Waals surface area contributed by atoms with Crippen LogP contribution in [0, 0.1) is 5.41 Å². The number of aliphatic hydroxyl groups excluding tert-OH is 1. The molecule has 2 rings (SSSR count). The van der Waals surface area contributed by atoms with Gasteiger partial charge in [0.1, 0.15) is 18.5 Å². The van der Waals surface area contributed by atoms with Crippen LogP contribution in [0.3, 0.4) is 0 Å². The van der Waals surface area contributed by atoms with Crippen molar-refractivity contribution < 1.29 is 29.4 Å². The highest BCUT2D eigenvalue weighted by Crippen LogP contribution is 2.42. The first-order chi connectivity index (χ1) is 14.4. The van der Waals surface area contributed by atoms with Crippen LogP contribution < -0.4 is 15.5 Å². The van der Waals surface area contributed by atoms with Gasteiger partial charge in [0.05, 0.1) is 6.61 Å². The van der Waals surface area contributed by atoms with E-state index in [1.165, 1.54) is 11.6 Å². The standard InChI is InChI=1S/C22H26N2O6/c1-22(2,13-12-19(26)24-28)20(17-10-6-7-11-18(17)29-15-14-25)30-21(27)23-16-8-4-3-5-9-16/h3-13,20,25,28H,14-15H2,1-2H3,(H,23,27)(H,24,26)/b13-12+/t20-/m1/s1. The molecule has 0 spiro atoms. The summed E-state index contributed by atoms with van der Waals surface area (Å²) in [6.07, 6.45) is 1.15. The van der Waals surface area contributed by atoms with Gasteiger partial charge in [-0.25, -0.2) is 10.3 Å². The Morgan fingerprint density at radius 3 is 2.43 bits per heavy atom. The number of para-hydroxylation sites is 2. The second-order valence-corrected chi connectivity index (χ2v) is 7.02. The Balaban J connectivity index is 2.36. The third-order valence-corrected chi connectivity index (χ3v) is 4.25. The fourth-order valence-corrected chi connectivity index (χ4v) is 2.79. The van der Waals surface area contributed by atoms with Crippen molar-refractivity contribution in [1.29, 1.82) is 0 Å². The zero-order valence-corrected chi connectivity index (χ0v) is 16.9. The third kappa shape index (κ3) is 6.61. The van der Waals surface area contributed by atoms with Gasteiger partial charge in [-0.3, -0.25) is 15.3 Å². The summed E-state index contributed by atoms with van der Waals surface area (Å²) in [5.41, 5.74) is 1.80. The lowest BCUT2D eigenvalue weighted by Crippen LogP contribution is -2.28. The summed E-state index contributed by atoms with van der Waals surface area (Å²) in [5, 5.41) is 20.5. The van der Waals surface area contributed by atoms with Gasteiger partial charge in [-0.2, -0.15) is 0 Å². The van der Waals surface area contributed by atoms with E-state index in [1.807, 2.05) is 6.07 Å². The molecule has 4 N–H and O–H groups in total. The van der Waals surface area contributed by atoms with Crippen LogP contribution in [0.2, 0.25) is 0 Å². The van der Waals surface area contributed by atoms with Gasteiger partial charge in [0.2, 0.25) is 0 Å². The van der Waals surface area contributed by atoms with Gasteiger partial charge < -0.3 is 14.6 Å². The molecule has 0 radical (unpaired) electrons. The van der Waals surface area contributed by atoms with Crippen molar-refractivity contribution in [2.45, 2.75) is 20.0 Å². The van der Waals surface area contributed by atoms with Crippen LogP contribution in [-0.4, -0.2) is 35.5 Å². The van der Waals surface area contributed by atoms with Crippen LogP contribution >= 0.6 is 0 Å². The van der Waals surface area contributed by atoms with Gasteiger partial charge in [-0.05, 0) is 18.2 Å². The number of anilines is 1. The first kappa shape index (κ1) is 22.9. The molecule has 0 unspecified atom stereocenters. The molecule has 0 bridgehead atoms. The number of rotatable bonds is 9. The van der Waals surface area contributed by atoms with E-state index in [2.05, 4.69) is 5.32 Å². The summed E-state index contributed by atoms with van der Waals surface area (Å²) in [6, 6.07) is 15.8. The van der Waals surface area contributed by atoms with Gasteiger partial charge in [-0.1, -0.05) is 56.3 Å². The maximum atomic E-state index is 12.6. The molecular weight excluding hydrogens is 388 g/mol. The third-order valence-electron chi connectivity index (χ3n) is 4.25. The highest BCUT2D eigenvalue weighted by Gasteiger charge is 2.34. The van der Waals surface area contributed by atoms with E-state index >= 15 is 0 Å². The largest absolute Gasteiger partial charge is 0.491 e. The van der Waals surface area contributed by atoms with Crippen molar-refractivity contribution in [2.24, 2.45) is 5.41 Å². The lowest BCUT2D eigenvalue weighted by Gasteiger charge is -2.32. The number of carbonyl (C=O) groups excluding carboxylic acids is 2. The van der Waals surface area contributed by atoms with Crippen LogP contribution in [-0.2, 0) is 9.53 Å². The molecule has 160 valence electrons. The highest BCUT2D eigenvalue weighted by atomic mass is 16.6. The molecule has 0 saturated carbocycles. The van der Waals surface area contributed by atoms with Crippen LogP contribution in [0.5, 0.6) is 5.75 Å². The average molecular weight is 414 g/mol. The first-order valence-corrected chi connectivity index (χ1v) is 9.36. The number of carbonyl (C=O) groups is 2. The molecule has 2 aromatic carbocycles. The smallest absolute Gasteiger partial charge is 0.412 e. The molecule has 8 heteroatoms. The van der Waals surface area contributed by atoms with Crippen molar-refractivity contribution in [3.63, 3.8) is 0 Å². The van der Waals surface area contributed by atoms with E-state index in [4.69, 9.17) is 19.8 Å². The van der Waals surface area contributed by atoms with Crippen LogP contribution in [0.25, 0.3) is 0 Å². The molecule has 0 aliphatic heterocycles. The number of hydroxylamine groups is 1. The number of amides is 2. The molecule has 0 heterocycles. The van der Waals surface area contributed by atoms with Gasteiger partial charge >= 0.3 is 6.09 Å². The van der Waals surface area contributed by atoms with Crippen molar-refractivity contribution in [1.82, 2.24) is 5.48 Å². The van der Waals surface area contributed by atoms with E-state index in [0.717, 1.165) is 6.08 Å². The normalized spacial score (nSPS) is 12.3. The summed E-state index contributed by atoms with van der Waals surface area (Å²) in [7, 11) is 0. The summed E-state index contributed by atoms with van der Waals surface area (Å²) < 4.78 is 11.4. The maximum absolute atomic E-state index is 12.6. The van der Waals surface area contributed by atoms with E-state index in [-0.39, 0.29) is 13.2 Å². The number of hydrogen-bond acceptors (Lipinski definition) is 6. The Morgan fingerprint density at radius 2 is 1.77 bits per heavy atom. The lowest BCUT2D eigenvalue weighted by atomic mass is 9.81. The van der Waals surface area contributed by atoms with Crippen molar-refractivity contribution >= 4 is 17.7 Å². The summed E-state index contributed by atoms with van der Waals surface area (Å²) in [6.45, 7) is 3.45. The number of aliphatic hydroxyl groups is 1. The van der Waals surface area contributed by atoms with E-state index in [9.17, 15) is 9.59 Å². The Kier molecular flexibility index (Phi) is 8.40. The molecule has 8 nitrogen and oxygen atoms in total. The van der Waals surface area contributed by atoms with E-state index in [1.54, 1.807) is 62.4 Å². The van der Waals surface area contributed by atoms with Crippen molar-refractivity contribution in [2.75, 3.05) is 18.5 Å². The molecule has 2 amide bonds. The Bertz CT molecular complexity index is 867. The molecular formula is C22H26N2O6. The zero-order chi connectivity index (χ0) is 22.0. The summed E-state index contributed by atoms with van der Waals surface area (Å²) >= 11 is 0. The fourth-order valence-electron chi connectivity index (χ4n) is 2.79. The number of nitrogens with one attached hydrogen (secondary N) is 2. The predicted octanol–water partition coefficient (Wildman–Crippen LogP) is 3.44. The van der Waals surface area contributed by atoms with Gasteiger partial charge in [0.15, 0.2) is 0 Å². The average Bonchev–Trinajstić information content (AvgIpc) is 2.75. The summed E-state index contributed by atoms with van der Waals surface area (Å²) in [5.74, 6) is -0.266. The lowest BCUT2D eigenvalue weighted by molar-refractivity contribution is -0.124. The summed E-state index contributed by atoms with van der Waals surface area (Å²) in [4.78, 5) is 24.1. The zero-order valence-electron chi connectivity index (χ0n) is 16.9. The number of ether oxygens (including phenoxy) is 2. The topological polar surface area (TPSA) is 117 Å². The second kappa shape index (κ2) is 11.0. The molecule has 0 saturated heterocycles.